The van der Waals surface area contributed by atoms with E-state index in [1.165, 1.54) is 10.8 Å². The average molecular weight is 541 g/mol. The van der Waals surface area contributed by atoms with E-state index >= 15 is 0 Å². The molecular formula is C36H24N6. The van der Waals surface area contributed by atoms with Crippen LogP contribution in [-0.2, 0) is 0 Å². The molecule has 0 saturated heterocycles. The number of aryl methyl sites for hydroxylation is 2. The van der Waals surface area contributed by atoms with Gasteiger partial charge in [0.05, 0.1) is 39.4 Å². The van der Waals surface area contributed by atoms with Crippen LogP contribution in [0.5, 0.6) is 0 Å². The second-order valence-corrected chi connectivity index (χ2v) is 10.5. The van der Waals surface area contributed by atoms with Crippen molar-refractivity contribution in [2.75, 3.05) is 0 Å². The van der Waals surface area contributed by atoms with Gasteiger partial charge in [-0.2, -0.15) is 5.26 Å². The first kappa shape index (κ1) is 24.0. The van der Waals surface area contributed by atoms with Crippen LogP contribution < -0.4 is 0 Å². The van der Waals surface area contributed by atoms with E-state index in [0.717, 1.165) is 49.8 Å². The van der Waals surface area contributed by atoms with E-state index < -0.39 is 0 Å². The molecule has 0 bridgehead atoms. The zero-order chi connectivity index (χ0) is 28.4. The molecular weight excluding hydrogens is 516 g/mol. The van der Waals surface area contributed by atoms with Gasteiger partial charge in [0.2, 0.25) is 0 Å². The maximum atomic E-state index is 9.90. The third-order valence-corrected chi connectivity index (χ3v) is 7.96. The lowest BCUT2D eigenvalue weighted by Gasteiger charge is -2.15. The van der Waals surface area contributed by atoms with Gasteiger partial charge < -0.3 is 9.13 Å². The van der Waals surface area contributed by atoms with E-state index in [9.17, 15) is 5.26 Å². The van der Waals surface area contributed by atoms with Crippen molar-refractivity contribution < 1.29 is 0 Å². The molecule has 0 N–H and O–H groups in total. The molecule has 3 heterocycles. The monoisotopic (exact) mass is 540 g/mol. The molecule has 0 spiro atoms. The van der Waals surface area contributed by atoms with Crippen molar-refractivity contribution in [1.82, 2.24) is 24.1 Å². The summed E-state index contributed by atoms with van der Waals surface area (Å²) in [6, 6.07) is 40.2. The topological polar surface area (TPSA) is 72.3 Å². The van der Waals surface area contributed by atoms with Crippen molar-refractivity contribution in [3.8, 4) is 28.8 Å². The standard InChI is InChI=1S/C36H24N6/c1-22-38-23(2)40-36(39-22)30-17-15-24(21-37)19-34(30)42-33-14-8-5-11-28(33)29-18-16-25(20-35(29)42)41-31-12-6-3-9-26(31)27-10-4-7-13-32(27)41/h3-20H,1-2H3. The molecule has 198 valence electrons. The van der Waals surface area contributed by atoms with E-state index in [1.54, 1.807) is 0 Å². The number of rotatable bonds is 3. The number of para-hydroxylation sites is 3. The fourth-order valence-electron chi connectivity index (χ4n) is 6.27. The molecule has 0 fully saturated rings. The number of hydrogen-bond acceptors (Lipinski definition) is 4. The first-order chi connectivity index (χ1) is 20.6. The maximum absolute atomic E-state index is 9.90. The number of aromatic nitrogens is 5. The number of nitrogens with zero attached hydrogens (tertiary/aromatic N) is 6. The number of nitriles is 1. The Morgan fingerprint density at radius 2 is 1.10 bits per heavy atom. The highest BCUT2D eigenvalue weighted by molar-refractivity contribution is 6.12. The van der Waals surface area contributed by atoms with Crippen molar-refractivity contribution in [1.29, 1.82) is 5.26 Å². The maximum Gasteiger partial charge on any atom is 0.165 e. The number of benzene rings is 5. The predicted molar refractivity (Wildman–Crippen MR) is 168 cm³/mol. The highest BCUT2D eigenvalue weighted by Gasteiger charge is 2.20. The summed E-state index contributed by atoms with van der Waals surface area (Å²) in [6.07, 6.45) is 0. The van der Waals surface area contributed by atoms with Gasteiger partial charge in [0.25, 0.3) is 0 Å². The molecule has 0 aliphatic rings. The lowest BCUT2D eigenvalue weighted by molar-refractivity contribution is 0.926. The van der Waals surface area contributed by atoms with Crippen LogP contribution in [0.15, 0.2) is 109 Å². The van der Waals surface area contributed by atoms with E-state index in [4.69, 9.17) is 9.97 Å². The third kappa shape index (κ3) is 3.54. The minimum Gasteiger partial charge on any atom is -0.309 e. The Kier molecular flexibility index (Phi) is 5.22. The minimum atomic E-state index is 0.570. The van der Waals surface area contributed by atoms with Gasteiger partial charge in [-0.15, -0.1) is 0 Å². The zero-order valence-electron chi connectivity index (χ0n) is 23.1. The van der Waals surface area contributed by atoms with Gasteiger partial charge in [-0.25, -0.2) is 15.0 Å². The number of hydrogen-bond donors (Lipinski definition) is 0. The fourth-order valence-corrected chi connectivity index (χ4v) is 6.27. The summed E-state index contributed by atoms with van der Waals surface area (Å²) in [5.41, 5.74) is 7.72. The molecule has 6 nitrogen and oxygen atoms in total. The largest absolute Gasteiger partial charge is 0.309 e. The van der Waals surface area contributed by atoms with Crippen molar-refractivity contribution in [3.63, 3.8) is 0 Å². The second-order valence-electron chi connectivity index (χ2n) is 10.5. The highest BCUT2D eigenvalue weighted by atomic mass is 15.0. The van der Waals surface area contributed by atoms with Gasteiger partial charge in [-0.3, -0.25) is 0 Å². The zero-order valence-corrected chi connectivity index (χ0v) is 23.1. The van der Waals surface area contributed by atoms with Crippen molar-refractivity contribution in [2.24, 2.45) is 0 Å². The molecule has 8 rings (SSSR count). The van der Waals surface area contributed by atoms with Crippen LogP contribution in [0.25, 0.3) is 66.4 Å². The van der Waals surface area contributed by atoms with Crippen LogP contribution in [-0.4, -0.2) is 24.1 Å². The summed E-state index contributed by atoms with van der Waals surface area (Å²) in [4.78, 5) is 13.8. The average Bonchev–Trinajstić information content (AvgIpc) is 3.53. The Bertz CT molecular complexity index is 2330. The van der Waals surface area contributed by atoms with Gasteiger partial charge in [0.15, 0.2) is 5.82 Å². The Labute approximate surface area is 241 Å². The first-order valence-electron chi connectivity index (χ1n) is 13.9. The molecule has 0 saturated carbocycles. The molecule has 0 aliphatic heterocycles. The number of fused-ring (bicyclic) bond motifs is 6. The molecule has 5 aromatic carbocycles. The molecule has 0 aliphatic carbocycles. The summed E-state index contributed by atoms with van der Waals surface area (Å²) >= 11 is 0. The first-order valence-corrected chi connectivity index (χ1v) is 13.9. The van der Waals surface area contributed by atoms with Crippen LogP contribution in [0.1, 0.15) is 17.2 Å². The van der Waals surface area contributed by atoms with Gasteiger partial charge >= 0.3 is 0 Å². The summed E-state index contributed by atoms with van der Waals surface area (Å²) in [5.74, 6) is 1.90. The van der Waals surface area contributed by atoms with Crippen LogP contribution in [0, 0.1) is 25.2 Å². The Balaban J connectivity index is 1.49. The molecule has 8 aromatic rings. The SMILES string of the molecule is Cc1nc(C)nc(-c2ccc(C#N)cc2-n2c3ccccc3c3ccc(-n4c5ccccc5c5ccccc54)cc32)n1. The van der Waals surface area contributed by atoms with Gasteiger partial charge in [0.1, 0.15) is 11.6 Å². The fraction of sp³-hybridized carbons (Fsp3) is 0.0556. The molecule has 0 unspecified atom stereocenters. The molecule has 6 heteroatoms. The van der Waals surface area contributed by atoms with E-state index in [2.05, 4.69) is 111 Å². The van der Waals surface area contributed by atoms with Gasteiger partial charge in [-0.1, -0.05) is 60.7 Å². The Morgan fingerprint density at radius 1 is 0.548 bits per heavy atom. The third-order valence-electron chi connectivity index (χ3n) is 7.96. The summed E-state index contributed by atoms with van der Waals surface area (Å²) < 4.78 is 4.57. The highest BCUT2D eigenvalue weighted by Crippen LogP contribution is 2.38. The van der Waals surface area contributed by atoms with E-state index in [-0.39, 0.29) is 0 Å². The molecule has 0 amide bonds. The Hall–Kier alpha value is -5.80. The predicted octanol–water partition coefficient (Wildman–Crippen LogP) is 8.22. The lowest BCUT2D eigenvalue weighted by Crippen LogP contribution is -2.04. The summed E-state index contributed by atoms with van der Waals surface area (Å²) in [6.45, 7) is 3.75. The van der Waals surface area contributed by atoms with Gasteiger partial charge in [-0.05, 0) is 62.4 Å². The van der Waals surface area contributed by atoms with E-state index in [0.29, 0.717) is 23.0 Å². The van der Waals surface area contributed by atoms with E-state index in [1.807, 2.05) is 32.0 Å². The smallest absolute Gasteiger partial charge is 0.165 e. The van der Waals surface area contributed by atoms with Crippen LogP contribution in [0.4, 0.5) is 0 Å². The molecule has 0 atom stereocenters. The van der Waals surface area contributed by atoms with Crippen molar-refractivity contribution in [3.05, 3.63) is 126 Å². The molecule has 0 radical (unpaired) electrons. The Morgan fingerprint density at radius 3 is 1.69 bits per heavy atom. The van der Waals surface area contributed by atoms with Crippen molar-refractivity contribution in [2.45, 2.75) is 13.8 Å². The summed E-state index contributed by atoms with van der Waals surface area (Å²) in [7, 11) is 0. The van der Waals surface area contributed by atoms with Crippen LogP contribution in [0.2, 0.25) is 0 Å². The quantitative estimate of drug-likeness (QED) is 0.226. The minimum absolute atomic E-state index is 0.570. The van der Waals surface area contributed by atoms with Crippen LogP contribution in [0.3, 0.4) is 0 Å². The molecule has 3 aromatic heterocycles. The summed E-state index contributed by atoms with van der Waals surface area (Å²) in [5, 5.41) is 14.6. The second kappa shape index (κ2) is 9.12. The normalized spacial score (nSPS) is 11.5. The van der Waals surface area contributed by atoms with Crippen LogP contribution >= 0.6 is 0 Å². The molecule has 42 heavy (non-hydrogen) atoms. The van der Waals surface area contributed by atoms with Crippen molar-refractivity contribution >= 4 is 43.6 Å². The lowest BCUT2D eigenvalue weighted by atomic mass is 10.1. The van der Waals surface area contributed by atoms with Gasteiger partial charge in [0, 0.05) is 32.8 Å².